The standard InChI is InChI=1S/C12H12ClFN2O/c1-16-10(5-6-17)15-12(13)11(16)8-3-2-4-9(14)7-8/h2-4,7,17H,5-6H2,1H3. The van der Waals surface area contributed by atoms with Crippen molar-refractivity contribution >= 4 is 11.6 Å². The summed E-state index contributed by atoms with van der Waals surface area (Å²) in [5.74, 6) is 0.361. The van der Waals surface area contributed by atoms with Crippen LogP contribution in [-0.4, -0.2) is 21.3 Å². The van der Waals surface area contributed by atoms with E-state index in [1.54, 1.807) is 23.7 Å². The van der Waals surface area contributed by atoms with Gasteiger partial charge in [-0.25, -0.2) is 9.37 Å². The molecule has 90 valence electrons. The molecule has 5 heteroatoms. The zero-order valence-electron chi connectivity index (χ0n) is 9.32. The molecule has 3 nitrogen and oxygen atoms in total. The van der Waals surface area contributed by atoms with Gasteiger partial charge in [-0.15, -0.1) is 0 Å². The molecule has 17 heavy (non-hydrogen) atoms. The van der Waals surface area contributed by atoms with Crippen LogP contribution in [0.3, 0.4) is 0 Å². The molecule has 1 aromatic carbocycles. The molecular formula is C12H12ClFN2O. The van der Waals surface area contributed by atoms with Crippen molar-refractivity contribution in [1.29, 1.82) is 0 Å². The molecule has 0 radical (unpaired) electrons. The summed E-state index contributed by atoms with van der Waals surface area (Å²) in [6.45, 7) is 0.00374. The van der Waals surface area contributed by atoms with Crippen LogP contribution in [0.4, 0.5) is 4.39 Å². The van der Waals surface area contributed by atoms with Crippen LogP contribution in [-0.2, 0) is 13.5 Å². The van der Waals surface area contributed by atoms with Crippen molar-refractivity contribution in [2.24, 2.45) is 7.05 Å². The van der Waals surface area contributed by atoms with Gasteiger partial charge in [0.05, 0.1) is 12.3 Å². The van der Waals surface area contributed by atoms with Crippen LogP contribution in [0.5, 0.6) is 0 Å². The van der Waals surface area contributed by atoms with Crippen molar-refractivity contribution in [1.82, 2.24) is 9.55 Å². The van der Waals surface area contributed by atoms with Gasteiger partial charge in [-0.2, -0.15) is 0 Å². The highest BCUT2D eigenvalue weighted by atomic mass is 35.5. The number of aliphatic hydroxyl groups excluding tert-OH is 1. The van der Waals surface area contributed by atoms with E-state index in [1.807, 2.05) is 0 Å². The van der Waals surface area contributed by atoms with Gasteiger partial charge in [-0.05, 0) is 12.1 Å². The van der Waals surface area contributed by atoms with E-state index in [4.69, 9.17) is 16.7 Å². The normalized spacial score (nSPS) is 10.8. The van der Waals surface area contributed by atoms with Gasteiger partial charge in [-0.1, -0.05) is 23.7 Å². The lowest BCUT2D eigenvalue weighted by Gasteiger charge is -2.05. The first-order valence-corrected chi connectivity index (χ1v) is 5.59. The fraction of sp³-hybridized carbons (Fsp3) is 0.250. The molecule has 1 N–H and O–H groups in total. The fourth-order valence-electron chi connectivity index (χ4n) is 1.78. The van der Waals surface area contributed by atoms with Crippen LogP contribution in [0.1, 0.15) is 5.82 Å². The minimum Gasteiger partial charge on any atom is -0.396 e. The predicted octanol–water partition coefficient (Wildman–Crippen LogP) is 2.41. The summed E-state index contributed by atoms with van der Waals surface area (Å²) < 4.78 is 14.9. The molecule has 0 saturated carbocycles. The highest BCUT2D eigenvalue weighted by molar-refractivity contribution is 6.32. The lowest BCUT2D eigenvalue weighted by atomic mass is 10.1. The summed E-state index contributed by atoms with van der Waals surface area (Å²) in [6, 6.07) is 6.18. The van der Waals surface area contributed by atoms with Crippen LogP contribution in [0, 0.1) is 5.82 Å². The summed E-state index contributed by atoms with van der Waals surface area (Å²) in [6.07, 6.45) is 0.422. The van der Waals surface area contributed by atoms with Crippen LogP contribution in [0.2, 0.25) is 5.15 Å². The van der Waals surface area contributed by atoms with Gasteiger partial charge < -0.3 is 9.67 Å². The maximum atomic E-state index is 13.2. The molecule has 2 rings (SSSR count). The zero-order valence-corrected chi connectivity index (χ0v) is 10.1. The van der Waals surface area contributed by atoms with E-state index in [0.29, 0.717) is 28.7 Å². The molecule has 0 fully saturated rings. The second-order valence-corrected chi connectivity index (χ2v) is 4.07. The summed E-state index contributed by atoms with van der Waals surface area (Å²) >= 11 is 6.04. The fourth-order valence-corrected chi connectivity index (χ4v) is 2.11. The smallest absolute Gasteiger partial charge is 0.155 e. The number of rotatable bonds is 3. The molecule has 1 heterocycles. The van der Waals surface area contributed by atoms with Gasteiger partial charge in [0.1, 0.15) is 11.6 Å². The number of benzene rings is 1. The number of hydrogen-bond acceptors (Lipinski definition) is 2. The Morgan fingerprint density at radius 2 is 2.24 bits per heavy atom. The monoisotopic (exact) mass is 254 g/mol. The van der Waals surface area contributed by atoms with Gasteiger partial charge in [0, 0.05) is 19.0 Å². The van der Waals surface area contributed by atoms with Crippen molar-refractivity contribution in [2.75, 3.05) is 6.61 Å². The molecule has 0 saturated heterocycles. The number of nitrogens with zero attached hydrogens (tertiary/aromatic N) is 2. The van der Waals surface area contributed by atoms with Crippen LogP contribution in [0.25, 0.3) is 11.3 Å². The summed E-state index contributed by atoms with van der Waals surface area (Å²) in [7, 11) is 1.80. The van der Waals surface area contributed by atoms with E-state index in [0.717, 1.165) is 0 Å². The first-order valence-electron chi connectivity index (χ1n) is 5.21. The molecule has 0 atom stereocenters. The third kappa shape index (κ3) is 2.33. The Morgan fingerprint density at radius 1 is 1.47 bits per heavy atom. The first kappa shape index (κ1) is 12.1. The van der Waals surface area contributed by atoms with E-state index >= 15 is 0 Å². The molecule has 0 unspecified atom stereocenters. The molecule has 0 bridgehead atoms. The molecule has 0 aliphatic heterocycles. The number of halogens is 2. The number of hydrogen-bond donors (Lipinski definition) is 1. The van der Waals surface area contributed by atoms with Crippen LogP contribution >= 0.6 is 11.6 Å². The second-order valence-electron chi connectivity index (χ2n) is 3.71. The first-order chi connectivity index (χ1) is 8.13. The van der Waals surface area contributed by atoms with Crippen molar-refractivity contribution in [3.8, 4) is 11.3 Å². The topological polar surface area (TPSA) is 38.0 Å². The van der Waals surface area contributed by atoms with Gasteiger partial charge >= 0.3 is 0 Å². The Hall–Kier alpha value is -1.39. The maximum absolute atomic E-state index is 13.2. The van der Waals surface area contributed by atoms with Gasteiger partial charge in [0.25, 0.3) is 0 Å². The summed E-state index contributed by atoms with van der Waals surface area (Å²) in [4.78, 5) is 4.15. The Morgan fingerprint density at radius 3 is 2.88 bits per heavy atom. The van der Waals surface area contributed by atoms with Crippen molar-refractivity contribution in [3.05, 3.63) is 41.1 Å². The summed E-state index contributed by atoms with van der Waals surface area (Å²) in [5.41, 5.74) is 1.34. The third-order valence-corrected chi connectivity index (χ3v) is 2.84. The molecule has 0 spiro atoms. The molecule has 0 amide bonds. The third-order valence-electron chi connectivity index (χ3n) is 2.58. The zero-order chi connectivity index (χ0) is 12.4. The average molecular weight is 255 g/mol. The van der Waals surface area contributed by atoms with E-state index < -0.39 is 0 Å². The van der Waals surface area contributed by atoms with E-state index in [2.05, 4.69) is 4.98 Å². The lowest BCUT2D eigenvalue weighted by Crippen LogP contribution is -2.02. The van der Waals surface area contributed by atoms with Crippen LogP contribution < -0.4 is 0 Å². The quantitative estimate of drug-likeness (QED) is 0.914. The molecule has 2 aromatic rings. The lowest BCUT2D eigenvalue weighted by molar-refractivity contribution is 0.295. The molecule has 0 aliphatic rings. The van der Waals surface area contributed by atoms with E-state index in [9.17, 15) is 4.39 Å². The van der Waals surface area contributed by atoms with E-state index in [1.165, 1.54) is 12.1 Å². The SMILES string of the molecule is Cn1c(CCO)nc(Cl)c1-c1cccc(F)c1. The highest BCUT2D eigenvalue weighted by Crippen LogP contribution is 2.28. The maximum Gasteiger partial charge on any atom is 0.155 e. The van der Waals surface area contributed by atoms with Gasteiger partial charge in [0.15, 0.2) is 5.15 Å². The average Bonchev–Trinajstić information content (AvgIpc) is 2.55. The Balaban J connectivity index is 2.52. The molecule has 0 aliphatic carbocycles. The van der Waals surface area contributed by atoms with Crippen molar-refractivity contribution in [2.45, 2.75) is 6.42 Å². The van der Waals surface area contributed by atoms with E-state index in [-0.39, 0.29) is 12.4 Å². The Kier molecular flexibility index (Phi) is 3.45. The number of aliphatic hydroxyl groups is 1. The summed E-state index contributed by atoms with van der Waals surface area (Å²) in [5, 5.41) is 9.22. The van der Waals surface area contributed by atoms with Crippen LogP contribution in [0.15, 0.2) is 24.3 Å². The van der Waals surface area contributed by atoms with Crippen molar-refractivity contribution in [3.63, 3.8) is 0 Å². The van der Waals surface area contributed by atoms with Gasteiger partial charge in [-0.3, -0.25) is 0 Å². The predicted molar refractivity (Wildman–Crippen MR) is 64.4 cm³/mol. The van der Waals surface area contributed by atoms with Crippen molar-refractivity contribution < 1.29 is 9.50 Å². The van der Waals surface area contributed by atoms with Gasteiger partial charge in [0.2, 0.25) is 0 Å². The Bertz CT molecular complexity index is 539. The Labute approximate surface area is 103 Å². The molecule has 1 aromatic heterocycles. The minimum atomic E-state index is -0.316. The second kappa shape index (κ2) is 4.85. The largest absolute Gasteiger partial charge is 0.396 e. The highest BCUT2D eigenvalue weighted by Gasteiger charge is 2.14. The molecular weight excluding hydrogens is 243 g/mol. The number of imidazole rings is 1. The number of aromatic nitrogens is 2. The minimum absolute atomic E-state index is 0.00374.